The first kappa shape index (κ1) is 18.1. The first-order valence-electron chi connectivity index (χ1n) is 7.88. The molecule has 0 aromatic carbocycles. The molecule has 0 aromatic heterocycles. The molecular formula is C15H32O2P+. The van der Waals surface area contributed by atoms with Gasteiger partial charge in [0.05, 0.1) is 0 Å². The molecule has 0 fully saturated rings. The van der Waals surface area contributed by atoms with Crippen LogP contribution in [0.4, 0.5) is 0 Å². The maximum absolute atomic E-state index is 11.5. The van der Waals surface area contributed by atoms with Crippen molar-refractivity contribution < 1.29 is 9.09 Å². The molecule has 1 unspecified atom stereocenters. The molecular weight excluding hydrogens is 243 g/mol. The molecule has 0 bridgehead atoms. The predicted molar refractivity (Wildman–Crippen MR) is 80.6 cm³/mol. The van der Waals surface area contributed by atoms with Crippen molar-refractivity contribution in [1.82, 2.24) is 0 Å². The largest absolute Gasteiger partial charge is 0.508 e. The molecule has 0 aliphatic carbocycles. The van der Waals surface area contributed by atoms with Gasteiger partial charge in [-0.1, -0.05) is 65.2 Å². The summed E-state index contributed by atoms with van der Waals surface area (Å²) in [5.41, 5.74) is 0. The molecule has 0 amide bonds. The summed E-state index contributed by atoms with van der Waals surface area (Å²) in [7, 11) is -1.37. The molecule has 2 nitrogen and oxygen atoms in total. The van der Waals surface area contributed by atoms with Gasteiger partial charge >= 0.3 is 8.03 Å². The number of unbranched alkanes of at least 4 members (excludes halogenated alkanes) is 9. The van der Waals surface area contributed by atoms with Gasteiger partial charge in [0.2, 0.25) is 0 Å². The summed E-state index contributed by atoms with van der Waals surface area (Å²) in [5.74, 6) is 0. The van der Waals surface area contributed by atoms with E-state index in [4.69, 9.17) is 4.52 Å². The van der Waals surface area contributed by atoms with Crippen molar-refractivity contribution in [3.63, 3.8) is 0 Å². The van der Waals surface area contributed by atoms with E-state index < -0.39 is 8.03 Å². The maximum atomic E-state index is 11.5. The summed E-state index contributed by atoms with van der Waals surface area (Å²) in [4.78, 5) is 0. The summed E-state index contributed by atoms with van der Waals surface area (Å²) in [6.45, 7) is 5.10. The van der Waals surface area contributed by atoms with Gasteiger partial charge < -0.3 is 0 Å². The van der Waals surface area contributed by atoms with Gasteiger partial charge in [-0.3, -0.25) is 0 Å². The second-order valence-electron chi connectivity index (χ2n) is 5.07. The molecule has 0 spiro atoms. The van der Waals surface area contributed by atoms with Gasteiger partial charge in [-0.05, 0) is 23.8 Å². The fraction of sp³-hybridized carbons (Fsp3) is 1.00. The van der Waals surface area contributed by atoms with Gasteiger partial charge in [0.15, 0.2) is 6.16 Å². The van der Waals surface area contributed by atoms with Gasteiger partial charge in [-0.15, -0.1) is 4.52 Å². The van der Waals surface area contributed by atoms with Crippen molar-refractivity contribution in [3.05, 3.63) is 0 Å². The Kier molecular flexibility index (Phi) is 15.2. The Morgan fingerprint density at radius 1 is 0.722 bits per heavy atom. The normalized spacial score (nSPS) is 11.8. The van der Waals surface area contributed by atoms with E-state index in [9.17, 15) is 4.57 Å². The van der Waals surface area contributed by atoms with Crippen molar-refractivity contribution >= 4 is 8.03 Å². The van der Waals surface area contributed by atoms with E-state index in [1.54, 1.807) is 0 Å². The highest BCUT2D eigenvalue weighted by Crippen LogP contribution is 2.24. The average molecular weight is 275 g/mol. The standard InChI is InChI=1S/C15H32O2P/c1-3-5-7-8-9-10-11-12-14-17-18(16)15-13-6-4-2/h3-15H2,1-2H3/q+1. The molecule has 0 heterocycles. The molecule has 1 atom stereocenters. The van der Waals surface area contributed by atoms with Gasteiger partial charge in [0.1, 0.15) is 6.61 Å². The predicted octanol–water partition coefficient (Wildman–Crippen LogP) is 6.08. The third kappa shape index (κ3) is 14.1. The lowest BCUT2D eigenvalue weighted by molar-refractivity contribution is 0.315. The minimum Gasteiger partial charge on any atom is -0.146 e. The summed E-state index contributed by atoms with van der Waals surface area (Å²) >= 11 is 0. The molecule has 0 N–H and O–H groups in total. The number of hydrogen-bond acceptors (Lipinski definition) is 2. The SMILES string of the molecule is CCCCCCCCCCO[P+](=O)CCCCC. The number of hydrogen-bond donors (Lipinski definition) is 0. The Labute approximate surface area is 115 Å². The van der Waals surface area contributed by atoms with E-state index in [2.05, 4.69) is 13.8 Å². The molecule has 0 radical (unpaired) electrons. The van der Waals surface area contributed by atoms with Crippen molar-refractivity contribution in [2.24, 2.45) is 0 Å². The third-order valence-electron chi connectivity index (χ3n) is 3.18. The molecule has 3 heteroatoms. The van der Waals surface area contributed by atoms with Crippen LogP contribution in [0.5, 0.6) is 0 Å². The van der Waals surface area contributed by atoms with E-state index in [0.717, 1.165) is 19.0 Å². The lowest BCUT2D eigenvalue weighted by atomic mass is 10.1. The van der Waals surface area contributed by atoms with Crippen LogP contribution >= 0.6 is 8.03 Å². The minimum atomic E-state index is -1.37. The zero-order chi connectivity index (χ0) is 13.5. The van der Waals surface area contributed by atoms with Crippen molar-refractivity contribution in [2.75, 3.05) is 12.8 Å². The van der Waals surface area contributed by atoms with Crippen LogP contribution in [0.3, 0.4) is 0 Å². The highest BCUT2D eigenvalue weighted by atomic mass is 31.1. The Bertz CT molecular complexity index is 183. The highest BCUT2D eigenvalue weighted by Gasteiger charge is 2.15. The Hall–Kier alpha value is 0.0600. The Balaban J connectivity index is 3.08. The lowest BCUT2D eigenvalue weighted by Gasteiger charge is -1.99. The van der Waals surface area contributed by atoms with Crippen LogP contribution < -0.4 is 0 Å². The molecule has 0 aromatic rings. The fourth-order valence-electron chi connectivity index (χ4n) is 1.96. The molecule has 0 aliphatic heterocycles. The van der Waals surface area contributed by atoms with E-state index >= 15 is 0 Å². The van der Waals surface area contributed by atoms with Gasteiger partial charge in [-0.25, -0.2) is 0 Å². The van der Waals surface area contributed by atoms with E-state index in [1.165, 1.54) is 57.8 Å². The quantitative estimate of drug-likeness (QED) is 0.284. The Morgan fingerprint density at radius 2 is 1.22 bits per heavy atom. The monoisotopic (exact) mass is 275 g/mol. The zero-order valence-electron chi connectivity index (χ0n) is 12.5. The van der Waals surface area contributed by atoms with Crippen LogP contribution in [0.25, 0.3) is 0 Å². The van der Waals surface area contributed by atoms with Crippen molar-refractivity contribution in [1.29, 1.82) is 0 Å². The van der Waals surface area contributed by atoms with Crippen molar-refractivity contribution in [3.8, 4) is 0 Å². The summed E-state index contributed by atoms with van der Waals surface area (Å²) in [5, 5.41) is 0. The molecule has 0 aliphatic rings. The van der Waals surface area contributed by atoms with Crippen LogP contribution in [0, 0.1) is 0 Å². The molecule has 0 rings (SSSR count). The van der Waals surface area contributed by atoms with Crippen LogP contribution in [0.2, 0.25) is 0 Å². The number of rotatable bonds is 14. The van der Waals surface area contributed by atoms with Gasteiger partial charge in [0, 0.05) is 0 Å². The van der Waals surface area contributed by atoms with E-state index in [-0.39, 0.29) is 0 Å². The Morgan fingerprint density at radius 3 is 1.83 bits per heavy atom. The van der Waals surface area contributed by atoms with Crippen LogP contribution in [-0.2, 0) is 9.09 Å². The van der Waals surface area contributed by atoms with Crippen LogP contribution in [-0.4, -0.2) is 12.8 Å². The van der Waals surface area contributed by atoms with Crippen molar-refractivity contribution in [2.45, 2.75) is 84.5 Å². The minimum absolute atomic E-state index is 0.691. The molecule has 18 heavy (non-hydrogen) atoms. The maximum Gasteiger partial charge on any atom is 0.508 e. The second kappa shape index (κ2) is 15.1. The second-order valence-corrected chi connectivity index (χ2v) is 6.44. The van der Waals surface area contributed by atoms with Gasteiger partial charge in [-0.2, -0.15) is 0 Å². The molecule has 0 saturated carbocycles. The van der Waals surface area contributed by atoms with Crippen LogP contribution in [0.1, 0.15) is 84.5 Å². The fourth-order valence-corrected chi connectivity index (χ4v) is 2.90. The third-order valence-corrected chi connectivity index (χ3v) is 4.33. The molecule has 0 saturated heterocycles. The van der Waals surface area contributed by atoms with E-state index in [0.29, 0.717) is 6.61 Å². The van der Waals surface area contributed by atoms with E-state index in [1.807, 2.05) is 0 Å². The first-order chi connectivity index (χ1) is 8.81. The average Bonchev–Trinajstić information content (AvgIpc) is 2.37. The summed E-state index contributed by atoms with van der Waals surface area (Å²) in [6, 6.07) is 0. The first-order valence-corrected chi connectivity index (χ1v) is 9.25. The highest BCUT2D eigenvalue weighted by molar-refractivity contribution is 7.39. The smallest absolute Gasteiger partial charge is 0.146 e. The van der Waals surface area contributed by atoms with Crippen LogP contribution in [0.15, 0.2) is 0 Å². The zero-order valence-corrected chi connectivity index (χ0v) is 13.4. The lowest BCUT2D eigenvalue weighted by Crippen LogP contribution is -1.90. The summed E-state index contributed by atoms with van der Waals surface area (Å²) < 4.78 is 16.8. The molecule has 108 valence electrons. The topological polar surface area (TPSA) is 26.3 Å². The van der Waals surface area contributed by atoms with Gasteiger partial charge in [0.25, 0.3) is 0 Å². The summed E-state index contributed by atoms with van der Waals surface area (Å²) in [6.07, 6.45) is 14.6.